The van der Waals surface area contributed by atoms with Crippen LogP contribution < -0.4 is 4.90 Å². The summed E-state index contributed by atoms with van der Waals surface area (Å²) in [5.74, 6) is 0.422. The van der Waals surface area contributed by atoms with Gasteiger partial charge in [0.1, 0.15) is 0 Å². The summed E-state index contributed by atoms with van der Waals surface area (Å²) < 4.78 is 0. The third kappa shape index (κ3) is 2.78. The third-order valence-corrected chi connectivity index (χ3v) is 3.56. The first-order valence-electron chi connectivity index (χ1n) is 6.14. The summed E-state index contributed by atoms with van der Waals surface area (Å²) in [5.41, 5.74) is 1.83. The fourth-order valence-corrected chi connectivity index (χ4v) is 2.41. The van der Waals surface area contributed by atoms with Crippen LogP contribution in [0.1, 0.15) is 25.3 Å². The molecule has 0 aromatic heterocycles. The van der Waals surface area contributed by atoms with Crippen molar-refractivity contribution >= 4 is 5.69 Å². The Hall–Kier alpha value is -1.53. The van der Waals surface area contributed by atoms with E-state index in [0.29, 0.717) is 11.5 Å². The van der Waals surface area contributed by atoms with Gasteiger partial charge in [-0.05, 0) is 43.9 Å². The highest BCUT2D eigenvalue weighted by Crippen LogP contribution is 2.25. The van der Waals surface area contributed by atoms with Crippen LogP contribution in [0.2, 0.25) is 0 Å². The topological polar surface area (TPSA) is 47.3 Å². The van der Waals surface area contributed by atoms with Crippen molar-refractivity contribution in [3.8, 4) is 6.07 Å². The number of hydrogen-bond acceptors (Lipinski definition) is 3. The van der Waals surface area contributed by atoms with E-state index in [9.17, 15) is 5.11 Å². The van der Waals surface area contributed by atoms with E-state index >= 15 is 0 Å². The molecule has 0 aliphatic carbocycles. The van der Waals surface area contributed by atoms with E-state index < -0.39 is 0 Å². The van der Waals surface area contributed by atoms with Crippen molar-refractivity contribution in [2.75, 3.05) is 18.0 Å². The zero-order valence-electron chi connectivity index (χ0n) is 10.1. The Morgan fingerprint density at radius 2 is 2.12 bits per heavy atom. The van der Waals surface area contributed by atoms with E-state index in [2.05, 4.69) is 11.0 Å². The molecule has 1 saturated heterocycles. The molecular formula is C14H18N2O. The largest absolute Gasteiger partial charge is 0.393 e. The molecule has 0 radical (unpaired) electrons. The van der Waals surface area contributed by atoms with Gasteiger partial charge in [-0.15, -0.1) is 0 Å². The molecule has 0 amide bonds. The molecule has 1 aliphatic rings. The minimum atomic E-state index is -0.206. The molecule has 1 heterocycles. The standard InChI is InChI=1S/C14H18N2O/c1-11(17)13-5-7-16(8-6-13)14-4-2-3-12(9-14)10-15/h2-4,9,11,13,17H,5-8H2,1H3. The fraction of sp³-hybridized carbons (Fsp3) is 0.500. The van der Waals surface area contributed by atoms with Crippen LogP contribution in [-0.4, -0.2) is 24.3 Å². The van der Waals surface area contributed by atoms with Gasteiger partial charge in [-0.2, -0.15) is 5.26 Å². The lowest BCUT2D eigenvalue weighted by Gasteiger charge is -2.34. The summed E-state index contributed by atoms with van der Waals surface area (Å²) in [6, 6.07) is 9.90. The minimum Gasteiger partial charge on any atom is -0.393 e. The van der Waals surface area contributed by atoms with Gasteiger partial charge in [-0.3, -0.25) is 0 Å². The van der Waals surface area contributed by atoms with Crippen molar-refractivity contribution in [1.29, 1.82) is 5.26 Å². The molecule has 0 bridgehead atoms. The van der Waals surface area contributed by atoms with Gasteiger partial charge in [-0.25, -0.2) is 0 Å². The van der Waals surface area contributed by atoms with Crippen LogP contribution in [0.15, 0.2) is 24.3 Å². The Labute approximate surface area is 102 Å². The average molecular weight is 230 g/mol. The second-order valence-electron chi connectivity index (χ2n) is 4.73. The molecule has 0 saturated carbocycles. The van der Waals surface area contributed by atoms with E-state index in [1.54, 1.807) is 0 Å². The van der Waals surface area contributed by atoms with Gasteiger partial charge in [0.25, 0.3) is 0 Å². The first-order chi connectivity index (χ1) is 8.20. The first kappa shape index (κ1) is 11.9. The van der Waals surface area contributed by atoms with Gasteiger partial charge in [0.15, 0.2) is 0 Å². The number of rotatable bonds is 2. The molecule has 1 aromatic rings. The molecule has 3 heteroatoms. The van der Waals surface area contributed by atoms with Gasteiger partial charge in [-0.1, -0.05) is 6.07 Å². The zero-order valence-corrected chi connectivity index (χ0v) is 10.1. The predicted molar refractivity (Wildman–Crippen MR) is 67.8 cm³/mol. The van der Waals surface area contributed by atoms with Crippen molar-refractivity contribution in [3.63, 3.8) is 0 Å². The molecule has 1 aromatic carbocycles. The maximum atomic E-state index is 9.55. The number of hydrogen-bond donors (Lipinski definition) is 1. The molecule has 3 nitrogen and oxygen atoms in total. The Morgan fingerprint density at radius 3 is 2.71 bits per heavy atom. The van der Waals surface area contributed by atoms with Crippen molar-refractivity contribution in [1.82, 2.24) is 0 Å². The first-order valence-corrected chi connectivity index (χ1v) is 6.14. The fourth-order valence-electron chi connectivity index (χ4n) is 2.41. The van der Waals surface area contributed by atoms with Gasteiger partial charge >= 0.3 is 0 Å². The number of nitrogens with zero attached hydrogens (tertiary/aromatic N) is 2. The van der Waals surface area contributed by atoms with Crippen molar-refractivity contribution < 1.29 is 5.11 Å². The van der Waals surface area contributed by atoms with Crippen LogP contribution >= 0.6 is 0 Å². The number of anilines is 1. The molecule has 1 aliphatic heterocycles. The highest BCUT2D eigenvalue weighted by molar-refractivity contribution is 5.51. The van der Waals surface area contributed by atoms with E-state index in [-0.39, 0.29) is 6.10 Å². The molecule has 1 N–H and O–H groups in total. The maximum Gasteiger partial charge on any atom is 0.0992 e. The summed E-state index contributed by atoms with van der Waals surface area (Å²) in [6.07, 6.45) is 1.84. The minimum absolute atomic E-state index is 0.206. The quantitative estimate of drug-likeness (QED) is 0.847. The van der Waals surface area contributed by atoms with Crippen LogP contribution in [0.3, 0.4) is 0 Å². The summed E-state index contributed by atoms with van der Waals surface area (Å²) in [6.45, 7) is 3.80. The predicted octanol–water partition coefficient (Wildman–Crippen LogP) is 2.16. The molecule has 1 atom stereocenters. The lowest BCUT2D eigenvalue weighted by molar-refractivity contribution is 0.110. The van der Waals surface area contributed by atoms with E-state index in [4.69, 9.17) is 5.26 Å². The number of aliphatic hydroxyl groups is 1. The van der Waals surface area contributed by atoms with Crippen molar-refractivity contribution in [2.45, 2.75) is 25.9 Å². The Kier molecular flexibility index (Phi) is 3.65. The van der Waals surface area contributed by atoms with Crippen molar-refractivity contribution in [2.24, 2.45) is 5.92 Å². The summed E-state index contributed by atoms with van der Waals surface area (Å²) in [4.78, 5) is 2.29. The summed E-state index contributed by atoms with van der Waals surface area (Å²) in [7, 11) is 0. The van der Waals surface area contributed by atoms with E-state index in [1.165, 1.54) is 0 Å². The second-order valence-corrected chi connectivity index (χ2v) is 4.73. The second kappa shape index (κ2) is 5.20. The van der Waals surface area contributed by atoms with Gasteiger partial charge in [0.05, 0.1) is 17.7 Å². The number of piperidine rings is 1. The Morgan fingerprint density at radius 1 is 1.41 bits per heavy atom. The summed E-state index contributed by atoms with van der Waals surface area (Å²) in [5, 5.41) is 18.4. The average Bonchev–Trinajstić information content (AvgIpc) is 2.39. The Bertz CT molecular complexity index is 414. The van der Waals surface area contributed by atoms with E-state index in [1.807, 2.05) is 31.2 Å². The molecule has 0 spiro atoms. The van der Waals surface area contributed by atoms with Gasteiger partial charge in [0, 0.05) is 18.8 Å². The van der Waals surface area contributed by atoms with Gasteiger partial charge in [0.2, 0.25) is 0 Å². The maximum absolute atomic E-state index is 9.55. The third-order valence-electron chi connectivity index (χ3n) is 3.56. The summed E-state index contributed by atoms with van der Waals surface area (Å²) >= 11 is 0. The van der Waals surface area contributed by atoms with E-state index in [0.717, 1.165) is 31.6 Å². The molecule has 1 unspecified atom stereocenters. The van der Waals surface area contributed by atoms with Crippen LogP contribution in [0.5, 0.6) is 0 Å². The number of nitriles is 1. The van der Waals surface area contributed by atoms with Crippen LogP contribution in [0.4, 0.5) is 5.69 Å². The van der Waals surface area contributed by atoms with Crippen molar-refractivity contribution in [3.05, 3.63) is 29.8 Å². The smallest absolute Gasteiger partial charge is 0.0992 e. The SMILES string of the molecule is CC(O)C1CCN(c2cccc(C#N)c2)CC1. The molecule has 90 valence electrons. The molecular weight excluding hydrogens is 212 g/mol. The molecule has 2 rings (SSSR count). The van der Waals surface area contributed by atoms with Crippen LogP contribution in [0, 0.1) is 17.2 Å². The normalized spacial score (nSPS) is 18.8. The molecule has 1 fully saturated rings. The Balaban J connectivity index is 2.03. The van der Waals surface area contributed by atoms with Gasteiger partial charge < -0.3 is 10.0 Å². The monoisotopic (exact) mass is 230 g/mol. The lowest BCUT2D eigenvalue weighted by atomic mass is 9.92. The number of benzene rings is 1. The molecule has 17 heavy (non-hydrogen) atoms. The van der Waals surface area contributed by atoms with Crippen LogP contribution in [-0.2, 0) is 0 Å². The highest BCUT2D eigenvalue weighted by Gasteiger charge is 2.22. The highest BCUT2D eigenvalue weighted by atomic mass is 16.3. The van der Waals surface area contributed by atoms with Crippen LogP contribution in [0.25, 0.3) is 0 Å². The number of aliphatic hydroxyl groups excluding tert-OH is 1. The lowest BCUT2D eigenvalue weighted by Crippen LogP contribution is -2.37. The zero-order chi connectivity index (χ0) is 12.3.